The first kappa shape index (κ1) is 13.9. The summed E-state index contributed by atoms with van der Waals surface area (Å²) in [5, 5.41) is 20.0. The molecule has 8 heteroatoms. The molecule has 0 bridgehead atoms. The van der Waals surface area contributed by atoms with Crippen LogP contribution in [0.3, 0.4) is 0 Å². The van der Waals surface area contributed by atoms with Gasteiger partial charge in [0.25, 0.3) is 5.69 Å². The Balaban J connectivity index is 2.52. The summed E-state index contributed by atoms with van der Waals surface area (Å²) in [4.78, 5) is 25.2. The molecule has 0 fully saturated rings. The summed E-state index contributed by atoms with van der Waals surface area (Å²) in [6, 6.07) is 7.08. The molecule has 0 amide bonds. The summed E-state index contributed by atoms with van der Waals surface area (Å²) in [6.07, 6.45) is 1.46. The van der Waals surface area contributed by atoms with Gasteiger partial charge in [-0.25, -0.2) is 9.78 Å². The van der Waals surface area contributed by atoms with Crippen molar-refractivity contribution in [3.8, 4) is 11.6 Å². The average Bonchev–Trinajstić information content (AvgIpc) is 2.40. The molecule has 0 aliphatic carbocycles. The third kappa shape index (κ3) is 2.75. The van der Waals surface area contributed by atoms with E-state index < -0.39 is 22.1 Å². The number of nitro groups is 1. The van der Waals surface area contributed by atoms with Crippen molar-refractivity contribution < 1.29 is 19.6 Å². The van der Waals surface area contributed by atoms with Crippen LogP contribution in [-0.4, -0.2) is 21.0 Å². The fraction of sp³-hybridized carbons (Fsp3) is 0. The molecule has 1 aromatic carbocycles. The van der Waals surface area contributed by atoms with Gasteiger partial charge in [-0.2, -0.15) is 0 Å². The van der Waals surface area contributed by atoms with Gasteiger partial charge in [-0.05, 0) is 34.1 Å². The van der Waals surface area contributed by atoms with Crippen LogP contribution in [0, 0.1) is 10.1 Å². The molecule has 2 aromatic rings. The fourth-order valence-electron chi connectivity index (χ4n) is 1.52. The van der Waals surface area contributed by atoms with E-state index in [-0.39, 0.29) is 11.6 Å². The minimum absolute atomic E-state index is 0.121. The van der Waals surface area contributed by atoms with Crippen LogP contribution in [0.5, 0.6) is 11.6 Å². The summed E-state index contributed by atoms with van der Waals surface area (Å²) < 4.78 is 5.85. The highest BCUT2D eigenvalue weighted by Gasteiger charge is 2.25. The number of aromatic carboxylic acids is 1. The van der Waals surface area contributed by atoms with E-state index in [9.17, 15) is 14.9 Å². The standard InChI is InChI=1S/C12H7BrN2O5/c13-7-3-2-6-14-11(7)20-9-5-1-4-8(15(18)19)10(9)12(16)17/h1-6H,(H,16,17). The van der Waals surface area contributed by atoms with E-state index in [1.54, 1.807) is 12.1 Å². The number of aromatic nitrogens is 1. The molecule has 0 aliphatic heterocycles. The van der Waals surface area contributed by atoms with E-state index >= 15 is 0 Å². The molecule has 7 nitrogen and oxygen atoms in total. The number of nitro benzene ring substituents is 1. The molecule has 0 aliphatic rings. The van der Waals surface area contributed by atoms with Gasteiger partial charge in [0.2, 0.25) is 5.88 Å². The molecule has 1 N–H and O–H groups in total. The zero-order valence-corrected chi connectivity index (χ0v) is 11.4. The summed E-state index contributed by atoms with van der Waals surface area (Å²) in [5.41, 5.74) is -1.06. The highest BCUT2D eigenvalue weighted by Crippen LogP contribution is 2.33. The van der Waals surface area contributed by atoms with Crippen molar-refractivity contribution in [2.75, 3.05) is 0 Å². The van der Waals surface area contributed by atoms with Crippen molar-refractivity contribution in [1.29, 1.82) is 0 Å². The van der Waals surface area contributed by atoms with E-state index in [1.807, 2.05) is 0 Å². The Morgan fingerprint density at radius 1 is 1.35 bits per heavy atom. The number of hydrogen-bond donors (Lipinski definition) is 1. The minimum atomic E-state index is -1.45. The van der Waals surface area contributed by atoms with Crippen LogP contribution in [-0.2, 0) is 0 Å². The number of nitrogens with zero attached hydrogens (tertiary/aromatic N) is 2. The number of halogens is 1. The molecule has 0 saturated heterocycles. The molecule has 0 spiro atoms. The first-order valence-corrected chi connectivity index (χ1v) is 6.09. The van der Waals surface area contributed by atoms with Gasteiger partial charge >= 0.3 is 5.97 Å². The summed E-state index contributed by atoms with van der Waals surface area (Å²) in [5.74, 6) is -1.47. The molecular weight excluding hydrogens is 332 g/mol. The first-order chi connectivity index (χ1) is 9.50. The zero-order chi connectivity index (χ0) is 14.7. The third-order valence-electron chi connectivity index (χ3n) is 2.35. The second-order valence-electron chi connectivity index (χ2n) is 3.60. The Morgan fingerprint density at radius 3 is 2.70 bits per heavy atom. The predicted molar refractivity (Wildman–Crippen MR) is 72.1 cm³/mol. The highest BCUT2D eigenvalue weighted by molar-refractivity contribution is 9.10. The lowest BCUT2D eigenvalue weighted by molar-refractivity contribution is -0.385. The smallest absolute Gasteiger partial charge is 0.346 e. The number of ether oxygens (including phenoxy) is 1. The Morgan fingerprint density at radius 2 is 2.10 bits per heavy atom. The maximum absolute atomic E-state index is 11.2. The van der Waals surface area contributed by atoms with Crippen molar-refractivity contribution in [2.45, 2.75) is 0 Å². The lowest BCUT2D eigenvalue weighted by Gasteiger charge is -2.09. The van der Waals surface area contributed by atoms with Crippen molar-refractivity contribution >= 4 is 27.6 Å². The van der Waals surface area contributed by atoms with Crippen molar-refractivity contribution in [3.63, 3.8) is 0 Å². The average molecular weight is 339 g/mol. The van der Waals surface area contributed by atoms with Crippen LogP contribution < -0.4 is 4.74 Å². The Kier molecular flexibility index (Phi) is 3.94. The van der Waals surface area contributed by atoms with Crippen molar-refractivity contribution in [2.24, 2.45) is 0 Å². The van der Waals surface area contributed by atoms with Gasteiger partial charge in [0.1, 0.15) is 0 Å². The summed E-state index contributed by atoms with van der Waals surface area (Å²) in [7, 11) is 0. The normalized spacial score (nSPS) is 10.1. The lowest BCUT2D eigenvalue weighted by atomic mass is 10.1. The topological polar surface area (TPSA) is 103 Å². The van der Waals surface area contributed by atoms with Crippen molar-refractivity contribution in [1.82, 2.24) is 4.98 Å². The molecule has 1 aromatic heterocycles. The van der Waals surface area contributed by atoms with Crippen LogP contribution in [0.15, 0.2) is 41.0 Å². The summed E-state index contributed by atoms with van der Waals surface area (Å²) >= 11 is 3.19. The Bertz CT molecular complexity index is 689. The van der Waals surface area contributed by atoms with Gasteiger partial charge in [-0.1, -0.05) is 6.07 Å². The molecule has 102 valence electrons. The van der Waals surface area contributed by atoms with E-state index in [0.29, 0.717) is 4.47 Å². The molecular formula is C12H7BrN2O5. The molecule has 0 radical (unpaired) electrons. The zero-order valence-electron chi connectivity index (χ0n) is 9.82. The molecule has 0 unspecified atom stereocenters. The quantitative estimate of drug-likeness (QED) is 0.678. The number of carboxylic acids is 1. The van der Waals surface area contributed by atoms with Gasteiger partial charge in [0.15, 0.2) is 11.3 Å². The molecule has 20 heavy (non-hydrogen) atoms. The number of hydrogen-bond acceptors (Lipinski definition) is 5. The Hall–Kier alpha value is -2.48. The number of carbonyl (C=O) groups is 1. The number of rotatable bonds is 4. The first-order valence-electron chi connectivity index (χ1n) is 5.29. The van der Waals surface area contributed by atoms with Crippen LogP contribution in [0.2, 0.25) is 0 Å². The number of pyridine rings is 1. The minimum Gasteiger partial charge on any atom is -0.477 e. The van der Waals surface area contributed by atoms with Gasteiger partial charge in [0.05, 0.1) is 9.40 Å². The van der Waals surface area contributed by atoms with Gasteiger partial charge < -0.3 is 9.84 Å². The highest BCUT2D eigenvalue weighted by atomic mass is 79.9. The predicted octanol–water partition coefficient (Wildman–Crippen LogP) is 3.24. The molecule has 2 rings (SSSR count). The summed E-state index contributed by atoms with van der Waals surface area (Å²) in [6.45, 7) is 0. The largest absolute Gasteiger partial charge is 0.477 e. The lowest BCUT2D eigenvalue weighted by Crippen LogP contribution is -2.05. The second-order valence-corrected chi connectivity index (χ2v) is 4.46. The van der Waals surface area contributed by atoms with Crippen LogP contribution in [0.25, 0.3) is 0 Å². The molecule has 0 saturated carbocycles. The molecule has 1 heterocycles. The van der Waals surface area contributed by atoms with E-state index in [2.05, 4.69) is 20.9 Å². The van der Waals surface area contributed by atoms with E-state index in [0.717, 1.165) is 6.07 Å². The van der Waals surface area contributed by atoms with Crippen molar-refractivity contribution in [3.05, 3.63) is 56.7 Å². The maximum atomic E-state index is 11.2. The van der Waals surface area contributed by atoms with Gasteiger partial charge in [-0.15, -0.1) is 0 Å². The van der Waals surface area contributed by atoms with Crippen LogP contribution in [0.1, 0.15) is 10.4 Å². The van der Waals surface area contributed by atoms with Gasteiger partial charge in [0, 0.05) is 12.3 Å². The second kappa shape index (κ2) is 5.66. The van der Waals surface area contributed by atoms with E-state index in [4.69, 9.17) is 9.84 Å². The number of benzene rings is 1. The number of carboxylic acid groups (broad SMARTS) is 1. The maximum Gasteiger partial charge on any atom is 0.346 e. The Labute approximate surface area is 121 Å². The monoisotopic (exact) mass is 338 g/mol. The van der Waals surface area contributed by atoms with Crippen LogP contribution >= 0.6 is 15.9 Å². The molecule has 0 atom stereocenters. The van der Waals surface area contributed by atoms with Crippen LogP contribution in [0.4, 0.5) is 5.69 Å². The fourth-order valence-corrected chi connectivity index (χ4v) is 1.86. The van der Waals surface area contributed by atoms with Gasteiger partial charge in [-0.3, -0.25) is 10.1 Å². The van der Waals surface area contributed by atoms with E-state index in [1.165, 1.54) is 18.3 Å². The third-order valence-corrected chi connectivity index (χ3v) is 2.95. The SMILES string of the molecule is O=C(O)c1c(Oc2ncccc2Br)cccc1[N+](=O)[O-].